The van der Waals surface area contributed by atoms with E-state index >= 15 is 0 Å². The molecule has 4 heterocycles. The lowest BCUT2D eigenvalue weighted by atomic mass is 10.1. The van der Waals surface area contributed by atoms with Crippen molar-refractivity contribution in [3.63, 3.8) is 0 Å². The minimum atomic E-state index is -4.16. The third-order valence-corrected chi connectivity index (χ3v) is 9.00. The predicted molar refractivity (Wildman–Crippen MR) is 136 cm³/mol. The van der Waals surface area contributed by atoms with Crippen LogP contribution in [0.2, 0.25) is 0 Å². The molecule has 0 saturated heterocycles. The average molecular weight is 594 g/mol. The predicted octanol–water partition coefficient (Wildman–Crippen LogP) is 2.41. The fourth-order valence-corrected chi connectivity index (χ4v) is 7.13. The molecular formula is C22H17F2N7O5S3. The lowest BCUT2D eigenvalue weighted by Crippen LogP contribution is -2.30. The number of hydrogen-bond donors (Lipinski definition) is 2. The fraction of sp³-hybridized carbons (Fsp3) is 0.136. The fourth-order valence-electron chi connectivity index (χ4n) is 3.66. The Morgan fingerprint density at radius 2 is 1.62 bits per heavy atom. The SMILES string of the molecule is NS(=O)(=O)NCc1nnc(CS(=O)(=O)C(c2ccc(F)nc2)c2nc3ccc(-c4ccc(F)nc4)cc3s2)o1. The van der Waals surface area contributed by atoms with Crippen LogP contribution >= 0.6 is 11.3 Å². The van der Waals surface area contributed by atoms with E-state index in [9.17, 15) is 25.6 Å². The average Bonchev–Trinajstić information content (AvgIpc) is 3.49. The van der Waals surface area contributed by atoms with Gasteiger partial charge >= 0.3 is 0 Å². The van der Waals surface area contributed by atoms with Crippen LogP contribution in [0.1, 0.15) is 27.6 Å². The van der Waals surface area contributed by atoms with Crippen molar-refractivity contribution >= 4 is 41.6 Å². The van der Waals surface area contributed by atoms with Gasteiger partial charge in [0.15, 0.2) is 9.84 Å². The molecule has 202 valence electrons. The second-order valence-corrected chi connectivity index (χ2v) is 12.7. The van der Waals surface area contributed by atoms with Gasteiger partial charge in [0.1, 0.15) is 16.0 Å². The van der Waals surface area contributed by atoms with Crippen LogP contribution in [0.5, 0.6) is 0 Å². The first-order valence-corrected chi connectivity index (χ1v) is 15.0. The number of aromatic nitrogens is 5. The van der Waals surface area contributed by atoms with Gasteiger partial charge < -0.3 is 4.42 Å². The number of nitrogens with two attached hydrogens (primary N) is 1. The van der Waals surface area contributed by atoms with Gasteiger partial charge in [-0.25, -0.2) is 28.5 Å². The Bertz CT molecular complexity index is 1860. The van der Waals surface area contributed by atoms with Crippen LogP contribution in [-0.4, -0.2) is 42.0 Å². The Morgan fingerprint density at radius 1 is 0.923 bits per heavy atom. The van der Waals surface area contributed by atoms with Crippen LogP contribution in [0.3, 0.4) is 0 Å². The number of halogens is 2. The summed E-state index contributed by atoms with van der Waals surface area (Å²) in [6.07, 6.45) is 2.49. The molecule has 17 heteroatoms. The van der Waals surface area contributed by atoms with Gasteiger partial charge in [0.05, 0.1) is 16.8 Å². The molecule has 0 saturated carbocycles. The molecule has 0 aliphatic rings. The topological polar surface area (TPSA) is 184 Å². The van der Waals surface area contributed by atoms with Gasteiger partial charge in [-0.15, -0.1) is 21.5 Å². The smallest absolute Gasteiger partial charge is 0.274 e. The van der Waals surface area contributed by atoms with Gasteiger partial charge in [0.25, 0.3) is 10.2 Å². The largest absolute Gasteiger partial charge is 0.423 e. The lowest BCUT2D eigenvalue weighted by Gasteiger charge is -2.14. The Hall–Kier alpha value is -3.77. The first kappa shape index (κ1) is 26.8. The quantitative estimate of drug-likeness (QED) is 0.241. The highest BCUT2D eigenvalue weighted by Gasteiger charge is 2.34. The molecular weight excluding hydrogens is 576 g/mol. The van der Waals surface area contributed by atoms with Crippen LogP contribution in [0.4, 0.5) is 8.78 Å². The standard InChI is InChI=1S/C22H17F2N7O5S3/c23-17-5-2-13(8-26-17)12-1-4-15-16(7-12)37-22(29-15)21(14-3-6-18(24)27-9-14)38(32,33)11-20-31-30-19(36-20)10-28-39(25,34)35/h1-9,21,28H,10-11H2,(H2,25,34,35). The molecule has 0 fully saturated rings. The molecule has 0 bridgehead atoms. The van der Waals surface area contributed by atoms with E-state index in [-0.39, 0.29) is 22.4 Å². The van der Waals surface area contributed by atoms with E-state index in [4.69, 9.17) is 9.56 Å². The van der Waals surface area contributed by atoms with E-state index in [1.807, 2.05) is 4.72 Å². The first-order valence-electron chi connectivity index (χ1n) is 10.9. The molecule has 3 N–H and O–H groups in total. The normalized spacial score (nSPS) is 13.1. The molecule has 1 aromatic carbocycles. The van der Waals surface area contributed by atoms with E-state index in [0.717, 1.165) is 29.2 Å². The van der Waals surface area contributed by atoms with Crippen molar-refractivity contribution in [2.45, 2.75) is 17.5 Å². The zero-order chi connectivity index (χ0) is 27.8. The summed E-state index contributed by atoms with van der Waals surface area (Å²) < 4.78 is 84.1. The number of fused-ring (bicyclic) bond motifs is 1. The van der Waals surface area contributed by atoms with Crippen molar-refractivity contribution in [2.75, 3.05) is 0 Å². The Balaban J connectivity index is 1.51. The summed E-state index contributed by atoms with van der Waals surface area (Å²) in [6, 6.07) is 10.4. The second kappa shape index (κ2) is 10.4. The van der Waals surface area contributed by atoms with Gasteiger partial charge in [-0.3, -0.25) is 0 Å². The summed E-state index contributed by atoms with van der Waals surface area (Å²) in [5, 5.41) is 11.0. The van der Waals surface area contributed by atoms with Crippen molar-refractivity contribution in [3.8, 4) is 11.1 Å². The van der Waals surface area contributed by atoms with Gasteiger partial charge in [-0.05, 0) is 41.5 Å². The number of pyridine rings is 2. The molecule has 39 heavy (non-hydrogen) atoms. The molecule has 0 aliphatic carbocycles. The number of thiazole rings is 1. The van der Waals surface area contributed by atoms with Crippen LogP contribution in [-0.2, 0) is 32.3 Å². The lowest BCUT2D eigenvalue weighted by molar-refractivity contribution is 0.453. The number of rotatable bonds is 9. The highest BCUT2D eigenvalue weighted by atomic mass is 32.2. The summed E-state index contributed by atoms with van der Waals surface area (Å²) in [7, 11) is -8.20. The number of benzene rings is 1. The molecule has 4 aromatic heterocycles. The zero-order valence-corrected chi connectivity index (χ0v) is 22.0. The Kier molecular flexibility index (Phi) is 7.17. The van der Waals surface area contributed by atoms with Crippen LogP contribution < -0.4 is 9.86 Å². The van der Waals surface area contributed by atoms with E-state index in [2.05, 4.69) is 25.1 Å². The van der Waals surface area contributed by atoms with E-state index < -0.39 is 49.5 Å². The van der Waals surface area contributed by atoms with E-state index in [1.165, 1.54) is 18.3 Å². The minimum Gasteiger partial charge on any atom is -0.423 e. The van der Waals surface area contributed by atoms with Crippen LogP contribution in [0.15, 0.2) is 59.3 Å². The maximum Gasteiger partial charge on any atom is 0.274 e. The van der Waals surface area contributed by atoms with Gasteiger partial charge in [-0.2, -0.15) is 21.9 Å². The number of nitrogens with zero attached hydrogens (tertiary/aromatic N) is 5. The Labute approximate surface area is 224 Å². The number of nitrogens with one attached hydrogen (secondary N) is 1. The van der Waals surface area contributed by atoms with Gasteiger partial charge in [0, 0.05) is 18.0 Å². The maximum absolute atomic E-state index is 13.7. The summed E-state index contributed by atoms with van der Waals surface area (Å²) >= 11 is 1.11. The molecule has 0 amide bonds. The molecule has 0 spiro atoms. The highest BCUT2D eigenvalue weighted by Crippen LogP contribution is 2.38. The highest BCUT2D eigenvalue weighted by molar-refractivity contribution is 7.91. The van der Waals surface area contributed by atoms with Crippen molar-refractivity contribution in [3.05, 3.63) is 89.1 Å². The second-order valence-electron chi connectivity index (χ2n) is 8.16. The van der Waals surface area contributed by atoms with Crippen molar-refractivity contribution in [1.29, 1.82) is 0 Å². The Morgan fingerprint density at radius 3 is 2.28 bits per heavy atom. The molecule has 1 atom stereocenters. The summed E-state index contributed by atoms with van der Waals surface area (Å²) in [4.78, 5) is 11.8. The molecule has 5 aromatic rings. The molecule has 5 rings (SSSR count). The van der Waals surface area contributed by atoms with Crippen molar-refractivity contribution < 1.29 is 30.0 Å². The van der Waals surface area contributed by atoms with Crippen molar-refractivity contribution in [1.82, 2.24) is 29.9 Å². The maximum atomic E-state index is 13.7. The third kappa shape index (κ3) is 6.28. The third-order valence-electron chi connectivity index (χ3n) is 5.36. The molecule has 1 unspecified atom stereocenters. The molecule has 12 nitrogen and oxygen atoms in total. The van der Waals surface area contributed by atoms with E-state index in [1.54, 1.807) is 24.3 Å². The molecule has 0 aliphatic heterocycles. The van der Waals surface area contributed by atoms with Crippen LogP contribution in [0.25, 0.3) is 21.3 Å². The van der Waals surface area contributed by atoms with Gasteiger partial charge in [0.2, 0.25) is 23.7 Å². The summed E-state index contributed by atoms with van der Waals surface area (Å²) in [5.41, 5.74) is 2.05. The summed E-state index contributed by atoms with van der Waals surface area (Å²) in [5.74, 6) is -2.62. The van der Waals surface area contributed by atoms with Gasteiger partial charge in [-0.1, -0.05) is 12.1 Å². The first-order chi connectivity index (χ1) is 18.5. The van der Waals surface area contributed by atoms with E-state index in [0.29, 0.717) is 15.8 Å². The number of hydrogen-bond acceptors (Lipinski definition) is 11. The van der Waals surface area contributed by atoms with Crippen molar-refractivity contribution in [2.24, 2.45) is 5.14 Å². The number of sulfone groups is 1. The molecule has 0 radical (unpaired) electrons. The minimum absolute atomic E-state index is 0.161. The van der Waals surface area contributed by atoms with Crippen LogP contribution in [0, 0.1) is 11.9 Å². The zero-order valence-electron chi connectivity index (χ0n) is 19.5. The monoisotopic (exact) mass is 593 g/mol. The summed E-state index contributed by atoms with van der Waals surface area (Å²) in [6.45, 7) is -0.430.